The Bertz CT molecular complexity index is 548. The van der Waals surface area contributed by atoms with Gasteiger partial charge in [0.15, 0.2) is 4.60 Å². The zero-order valence-corrected chi connectivity index (χ0v) is 10.7. The van der Waals surface area contributed by atoms with Crippen molar-refractivity contribution in [2.45, 2.75) is 13.5 Å². The van der Waals surface area contributed by atoms with E-state index in [1.807, 2.05) is 6.92 Å². The standard InChI is InChI=1S/C11H10BrN3O2/c1-7-10(12)13-14-15(7)6-8-2-4-9(5-3-8)11(16)17/h2-5H,6H2,1H3,(H,16,17). The Balaban J connectivity index is 2.19. The third-order valence-electron chi connectivity index (χ3n) is 2.46. The van der Waals surface area contributed by atoms with E-state index < -0.39 is 5.97 Å². The molecule has 0 atom stereocenters. The van der Waals surface area contributed by atoms with E-state index in [4.69, 9.17) is 5.11 Å². The number of rotatable bonds is 3. The van der Waals surface area contributed by atoms with Gasteiger partial charge in [0.25, 0.3) is 0 Å². The Hall–Kier alpha value is -1.69. The lowest BCUT2D eigenvalue weighted by Gasteiger charge is -2.03. The van der Waals surface area contributed by atoms with Crippen molar-refractivity contribution in [1.29, 1.82) is 0 Å². The Morgan fingerprint density at radius 1 is 1.41 bits per heavy atom. The van der Waals surface area contributed by atoms with Crippen LogP contribution in [-0.4, -0.2) is 26.1 Å². The largest absolute Gasteiger partial charge is 0.478 e. The molecule has 1 N–H and O–H groups in total. The van der Waals surface area contributed by atoms with Gasteiger partial charge in [-0.25, -0.2) is 9.48 Å². The number of hydrogen-bond donors (Lipinski definition) is 1. The number of carboxylic acid groups (broad SMARTS) is 1. The highest BCUT2D eigenvalue weighted by Gasteiger charge is 2.06. The Morgan fingerprint density at radius 2 is 2.06 bits per heavy atom. The molecule has 0 saturated carbocycles. The van der Waals surface area contributed by atoms with Crippen LogP contribution < -0.4 is 0 Å². The van der Waals surface area contributed by atoms with Crippen molar-refractivity contribution >= 4 is 21.9 Å². The average Bonchev–Trinajstić information content (AvgIpc) is 2.62. The van der Waals surface area contributed by atoms with Crippen LogP contribution in [0.25, 0.3) is 0 Å². The molecule has 88 valence electrons. The molecular formula is C11H10BrN3O2. The molecule has 0 saturated heterocycles. The summed E-state index contributed by atoms with van der Waals surface area (Å²) in [4.78, 5) is 10.7. The molecule has 17 heavy (non-hydrogen) atoms. The van der Waals surface area contributed by atoms with Crippen molar-refractivity contribution in [1.82, 2.24) is 15.0 Å². The number of nitrogens with zero attached hydrogens (tertiary/aromatic N) is 3. The van der Waals surface area contributed by atoms with Crippen molar-refractivity contribution in [2.75, 3.05) is 0 Å². The van der Waals surface area contributed by atoms with Crippen molar-refractivity contribution in [3.63, 3.8) is 0 Å². The summed E-state index contributed by atoms with van der Waals surface area (Å²) in [5.74, 6) is -0.920. The van der Waals surface area contributed by atoms with E-state index in [2.05, 4.69) is 26.2 Å². The molecule has 1 heterocycles. The van der Waals surface area contributed by atoms with Gasteiger partial charge in [0, 0.05) is 0 Å². The van der Waals surface area contributed by atoms with Crippen LogP contribution in [0.15, 0.2) is 28.9 Å². The minimum absolute atomic E-state index is 0.283. The highest BCUT2D eigenvalue weighted by molar-refractivity contribution is 9.10. The molecule has 0 unspecified atom stereocenters. The van der Waals surface area contributed by atoms with Crippen LogP contribution >= 0.6 is 15.9 Å². The summed E-state index contributed by atoms with van der Waals surface area (Å²) < 4.78 is 2.47. The maximum absolute atomic E-state index is 10.7. The molecule has 0 aliphatic heterocycles. The smallest absolute Gasteiger partial charge is 0.335 e. The molecular weight excluding hydrogens is 286 g/mol. The fourth-order valence-corrected chi connectivity index (χ4v) is 1.69. The molecule has 1 aromatic heterocycles. The fourth-order valence-electron chi connectivity index (χ4n) is 1.42. The first-order chi connectivity index (χ1) is 8.08. The fraction of sp³-hybridized carbons (Fsp3) is 0.182. The number of aromatic nitrogens is 3. The molecule has 0 fully saturated rings. The number of carbonyl (C=O) groups is 1. The van der Waals surface area contributed by atoms with E-state index in [-0.39, 0.29) is 5.56 Å². The third kappa shape index (κ3) is 2.52. The predicted molar refractivity (Wildman–Crippen MR) is 65.0 cm³/mol. The van der Waals surface area contributed by atoms with E-state index in [1.165, 1.54) is 0 Å². The highest BCUT2D eigenvalue weighted by Crippen LogP contribution is 2.13. The van der Waals surface area contributed by atoms with Crippen molar-refractivity contribution in [3.05, 3.63) is 45.7 Å². The topological polar surface area (TPSA) is 68.0 Å². The van der Waals surface area contributed by atoms with E-state index in [9.17, 15) is 4.79 Å². The number of halogens is 1. The van der Waals surface area contributed by atoms with E-state index in [1.54, 1.807) is 28.9 Å². The molecule has 0 radical (unpaired) electrons. The molecule has 5 nitrogen and oxygen atoms in total. The lowest BCUT2D eigenvalue weighted by molar-refractivity contribution is 0.0697. The first kappa shape index (κ1) is 11.8. The minimum atomic E-state index is -0.920. The lowest BCUT2D eigenvalue weighted by Crippen LogP contribution is -2.04. The van der Waals surface area contributed by atoms with Crippen LogP contribution in [0.5, 0.6) is 0 Å². The van der Waals surface area contributed by atoms with Gasteiger partial charge < -0.3 is 5.11 Å². The number of carboxylic acids is 1. The van der Waals surface area contributed by atoms with Crippen molar-refractivity contribution in [3.8, 4) is 0 Å². The lowest BCUT2D eigenvalue weighted by atomic mass is 10.1. The van der Waals surface area contributed by atoms with E-state index >= 15 is 0 Å². The van der Waals surface area contributed by atoms with Crippen LogP contribution in [-0.2, 0) is 6.54 Å². The Morgan fingerprint density at radius 3 is 2.53 bits per heavy atom. The summed E-state index contributed by atoms with van der Waals surface area (Å²) >= 11 is 3.29. The van der Waals surface area contributed by atoms with Gasteiger partial charge in [-0.3, -0.25) is 0 Å². The maximum Gasteiger partial charge on any atom is 0.335 e. The van der Waals surface area contributed by atoms with Gasteiger partial charge in [-0.2, -0.15) is 0 Å². The van der Waals surface area contributed by atoms with Gasteiger partial charge in [0.1, 0.15) is 0 Å². The van der Waals surface area contributed by atoms with Crippen LogP contribution in [0, 0.1) is 6.92 Å². The van der Waals surface area contributed by atoms with Gasteiger partial charge in [-0.05, 0) is 40.5 Å². The van der Waals surface area contributed by atoms with Gasteiger partial charge in [0.2, 0.25) is 0 Å². The first-order valence-electron chi connectivity index (χ1n) is 4.96. The van der Waals surface area contributed by atoms with Crippen molar-refractivity contribution in [2.24, 2.45) is 0 Å². The van der Waals surface area contributed by atoms with Gasteiger partial charge in [-0.15, -0.1) is 5.10 Å². The Kier molecular flexibility index (Phi) is 3.23. The van der Waals surface area contributed by atoms with Gasteiger partial charge in [0.05, 0.1) is 17.8 Å². The van der Waals surface area contributed by atoms with Crippen LogP contribution in [0.2, 0.25) is 0 Å². The number of hydrogen-bond acceptors (Lipinski definition) is 3. The average molecular weight is 296 g/mol. The maximum atomic E-state index is 10.7. The Labute approximate surface area is 106 Å². The second kappa shape index (κ2) is 4.67. The molecule has 0 bridgehead atoms. The SMILES string of the molecule is Cc1c(Br)nnn1Cc1ccc(C(=O)O)cc1. The van der Waals surface area contributed by atoms with E-state index in [0.29, 0.717) is 6.54 Å². The van der Waals surface area contributed by atoms with Crippen LogP contribution in [0.1, 0.15) is 21.6 Å². The molecule has 0 aliphatic rings. The van der Waals surface area contributed by atoms with E-state index in [0.717, 1.165) is 15.9 Å². The van der Waals surface area contributed by atoms with Crippen molar-refractivity contribution < 1.29 is 9.90 Å². The molecule has 1 aromatic carbocycles. The molecule has 0 amide bonds. The molecule has 0 aliphatic carbocycles. The molecule has 6 heteroatoms. The molecule has 2 aromatic rings. The van der Waals surface area contributed by atoms with Gasteiger partial charge in [-0.1, -0.05) is 17.3 Å². The zero-order valence-electron chi connectivity index (χ0n) is 9.09. The van der Waals surface area contributed by atoms with Gasteiger partial charge >= 0.3 is 5.97 Å². The second-order valence-corrected chi connectivity index (χ2v) is 4.38. The summed E-state index contributed by atoms with van der Waals surface area (Å²) in [6.07, 6.45) is 0. The minimum Gasteiger partial charge on any atom is -0.478 e. The number of benzene rings is 1. The van der Waals surface area contributed by atoms with Crippen LogP contribution in [0.4, 0.5) is 0 Å². The summed E-state index contributed by atoms with van der Waals surface area (Å²) in [7, 11) is 0. The van der Waals surface area contributed by atoms with Crippen LogP contribution in [0.3, 0.4) is 0 Å². The summed E-state index contributed by atoms with van der Waals surface area (Å²) in [5, 5.41) is 16.6. The third-order valence-corrected chi connectivity index (χ3v) is 3.19. The summed E-state index contributed by atoms with van der Waals surface area (Å²) in [5.41, 5.74) is 2.20. The summed E-state index contributed by atoms with van der Waals surface area (Å²) in [6, 6.07) is 6.72. The first-order valence-corrected chi connectivity index (χ1v) is 5.75. The molecule has 0 spiro atoms. The monoisotopic (exact) mass is 295 g/mol. The normalized spacial score (nSPS) is 10.5. The number of aromatic carboxylic acids is 1. The molecule has 2 rings (SSSR count). The quantitative estimate of drug-likeness (QED) is 0.941. The highest BCUT2D eigenvalue weighted by atomic mass is 79.9. The second-order valence-electron chi connectivity index (χ2n) is 3.63. The predicted octanol–water partition coefficient (Wildman–Crippen LogP) is 2.10. The summed E-state index contributed by atoms with van der Waals surface area (Å²) in [6.45, 7) is 2.49. The zero-order chi connectivity index (χ0) is 12.4.